The smallest absolute Gasteiger partial charge is 0.241 e. The second-order valence-corrected chi connectivity index (χ2v) is 10.9. The highest BCUT2D eigenvalue weighted by molar-refractivity contribution is 5.97. The van der Waals surface area contributed by atoms with Crippen LogP contribution in [0.4, 0.5) is 5.69 Å². The van der Waals surface area contributed by atoms with Gasteiger partial charge in [0.15, 0.2) is 0 Å². The van der Waals surface area contributed by atoms with Gasteiger partial charge in [-0.15, -0.1) is 12.4 Å². The molecular formula is C28H37ClN6O. The highest BCUT2D eigenvalue weighted by Gasteiger charge is 2.39. The van der Waals surface area contributed by atoms with E-state index >= 15 is 0 Å². The van der Waals surface area contributed by atoms with E-state index < -0.39 is 0 Å². The average Bonchev–Trinajstić information content (AvgIpc) is 3.35. The third-order valence-electron chi connectivity index (χ3n) is 7.27. The molecule has 5 rings (SSSR count). The van der Waals surface area contributed by atoms with Gasteiger partial charge in [-0.25, -0.2) is 0 Å². The van der Waals surface area contributed by atoms with Gasteiger partial charge in [-0.3, -0.25) is 19.4 Å². The quantitative estimate of drug-likeness (QED) is 0.551. The number of hydrogen-bond donors (Lipinski definition) is 1. The van der Waals surface area contributed by atoms with Crippen LogP contribution in [0.15, 0.2) is 55.0 Å². The molecule has 36 heavy (non-hydrogen) atoms. The molecule has 0 aliphatic carbocycles. The molecule has 0 spiro atoms. The molecule has 2 atom stereocenters. The Morgan fingerprint density at radius 3 is 2.69 bits per heavy atom. The zero-order valence-corrected chi connectivity index (χ0v) is 22.5. The fourth-order valence-electron chi connectivity index (χ4n) is 5.37. The summed E-state index contributed by atoms with van der Waals surface area (Å²) in [4.78, 5) is 22.8. The first kappa shape index (κ1) is 26.3. The van der Waals surface area contributed by atoms with Crippen molar-refractivity contribution in [3.05, 3.63) is 77.4 Å². The van der Waals surface area contributed by atoms with E-state index in [2.05, 4.69) is 79.5 Å². The van der Waals surface area contributed by atoms with E-state index in [0.717, 1.165) is 48.6 Å². The van der Waals surface area contributed by atoms with Crippen molar-refractivity contribution >= 4 is 24.0 Å². The topological polar surface area (TPSA) is 66.3 Å². The SMILES string of the molecule is Cc1cnn(C[C@H]2CN[C@H](C)CN2CC(=O)N2CC(C)(C)c3cnc(Cc4ccccc4)cc32)c1.Cl. The molecule has 7 nitrogen and oxygen atoms in total. The average molecular weight is 509 g/mol. The van der Waals surface area contributed by atoms with Gasteiger partial charge in [0.1, 0.15) is 0 Å². The van der Waals surface area contributed by atoms with Gasteiger partial charge in [-0.1, -0.05) is 44.2 Å². The first-order valence-electron chi connectivity index (χ1n) is 12.6. The lowest BCUT2D eigenvalue weighted by Gasteiger charge is -2.39. The third kappa shape index (κ3) is 5.64. The lowest BCUT2D eigenvalue weighted by Crippen LogP contribution is -2.59. The van der Waals surface area contributed by atoms with E-state index in [4.69, 9.17) is 4.98 Å². The first-order chi connectivity index (χ1) is 16.8. The van der Waals surface area contributed by atoms with Crippen molar-refractivity contribution < 1.29 is 4.79 Å². The number of pyridine rings is 1. The summed E-state index contributed by atoms with van der Waals surface area (Å²) in [6, 6.07) is 13.1. The predicted octanol–water partition coefficient (Wildman–Crippen LogP) is 3.59. The van der Waals surface area contributed by atoms with Crippen LogP contribution in [0.25, 0.3) is 0 Å². The normalized spacial score (nSPS) is 21.2. The molecule has 1 N–H and O–H groups in total. The van der Waals surface area contributed by atoms with Crippen LogP contribution in [-0.2, 0) is 23.2 Å². The van der Waals surface area contributed by atoms with Crippen LogP contribution in [0, 0.1) is 6.92 Å². The number of piperazine rings is 1. The number of amides is 1. The van der Waals surface area contributed by atoms with Gasteiger partial charge in [0.2, 0.25) is 5.91 Å². The standard InChI is InChI=1S/C28H36N6O.ClH/c1-20-12-31-33(15-20)17-24-13-29-21(2)16-32(24)18-27(35)34-19-28(3,4)25-14-30-23(11-26(25)34)10-22-8-6-5-7-9-22;/h5-9,11-12,14-15,21,24,29H,10,13,16-19H2,1-4H3;1H/t21-,24-;/m1./s1. The molecule has 8 heteroatoms. The van der Waals surface area contributed by atoms with Crippen LogP contribution < -0.4 is 10.2 Å². The van der Waals surface area contributed by atoms with Crippen LogP contribution in [0.3, 0.4) is 0 Å². The molecule has 0 radical (unpaired) electrons. The number of anilines is 1. The Labute approximate surface area is 220 Å². The number of benzene rings is 1. The van der Waals surface area contributed by atoms with Crippen molar-refractivity contribution in [2.75, 3.05) is 31.1 Å². The Kier molecular flexibility index (Phi) is 7.83. The Bertz CT molecular complexity index is 1190. The van der Waals surface area contributed by atoms with E-state index in [9.17, 15) is 4.79 Å². The van der Waals surface area contributed by atoms with Crippen LogP contribution in [0.1, 0.15) is 43.2 Å². The van der Waals surface area contributed by atoms with E-state index in [-0.39, 0.29) is 29.8 Å². The summed E-state index contributed by atoms with van der Waals surface area (Å²) in [6.45, 7) is 12.2. The number of aromatic nitrogens is 3. The van der Waals surface area contributed by atoms with E-state index in [1.807, 2.05) is 28.0 Å². The summed E-state index contributed by atoms with van der Waals surface area (Å²) >= 11 is 0. The number of aryl methyl sites for hydroxylation is 1. The Hall–Kier alpha value is -2.74. The molecule has 0 unspecified atom stereocenters. The Morgan fingerprint density at radius 2 is 1.97 bits per heavy atom. The summed E-state index contributed by atoms with van der Waals surface area (Å²) in [5, 5.41) is 8.05. The maximum Gasteiger partial charge on any atom is 0.241 e. The van der Waals surface area contributed by atoms with E-state index in [0.29, 0.717) is 19.1 Å². The molecule has 2 aromatic heterocycles. The van der Waals surface area contributed by atoms with Gasteiger partial charge in [-0.05, 0) is 31.0 Å². The highest BCUT2D eigenvalue weighted by Crippen LogP contribution is 2.40. The van der Waals surface area contributed by atoms with Crippen LogP contribution in [0.5, 0.6) is 0 Å². The number of nitrogens with zero attached hydrogens (tertiary/aromatic N) is 5. The van der Waals surface area contributed by atoms with Gasteiger partial charge >= 0.3 is 0 Å². The van der Waals surface area contributed by atoms with E-state index in [1.54, 1.807) is 0 Å². The van der Waals surface area contributed by atoms with Crippen molar-refractivity contribution in [3.8, 4) is 0 Å². The van der Waals surface area contributed by atoms with Gasteiger partial charge in [0.25, 0.3) is 0 Å². The van der Waals surface area contributed by atoms with Crippen molar-refractivity contribution in [1.82, 2.24) is 25.0 Å². The van der Waals surface area contributed by atoms with Crippen LogP contribution in [-0.4, -0.2) is 63.8 Å². The summed E-state index contributed by atoms with van der Waals surface area (Å²) < 4.78 is 1.99. The summed E-state index contributed by atoms with van der Waals surface area (Å²) in [5.74, 6) is 0.157. The number of carbonyl (C=O) groups excluding carboxylic acids is 1. The summed E-state index contributed by atoms with van der Waals surface area (Å²) in [7, 11) is 0. The molecule has 1 saturated heterocycles. The van der Waals surface area contributed by atoms with E-state index in [1.165, 1.54) is 5.56 Å². The van der Waals surface area contributed by atoms with Crippen molar-refractivity contribution in [2.45, 2.75) is 58.2 Å². The fourth-order valence-corrected chi connectivity index (χ4v) is 5.37. The number of hydrogen-bond acceptors (Lipinski definition) is 5. The number of carbonyl (C=O) groups is 1. The first-order valence-corrected chi connectivity index (χ1v) is 12.6. The molecule has 1 fully saturated rings. The minimum Gasteiger partial charge on any atom is -0.311 e. The van der Waals surface area contributed by atoms with Gasteiger partial charge in [0, 0.05) is 67.2 Å². The number of fused-ring (bicyclic) bond motifs is 1. The van der Waals surface area contributed by atoms with Crippen molar-refractivity contribution in [2.24, 2.45) is 0 Å². The second-order valence-electron chi connectivity index (χ2n) is 10.9. The number of halogens is 1. The zero-order chi connectivity index (χ0) is 24.6. The molecule has 1 amide bonds. The molecule has 1 aromatic carbocycles. The number of nitrogens with one attached hydrogen (secondary N) is 1. The molecule has 3 aromatic rings. The van der Waals surface area contributed by atoms with Crippen LogP contribution in [0.2, 0.25) is 0 Å². The van der Waals surface area contributed by atoms with Crippen molar-refractivity contribution in [1.29, 1.82) is 0 Å². The Morgan fingerprint density at radius 1 is 1.19 bits per heavy atom. The minimum atomic E-state index is -0.119. The predicted molar refractivity (Wildman–Crippen MR) is 146 cm³/mol. The molecule has 2 aliphatic rings. The van der Waals surface area contributed by atoms with Gasteiger partial charge in [0.05, 0.1) is 25.0 Å². The maximum absolute atomic E-state index is 13.8. The monoisotopic (exact) mass is 508 g/mol. The summed E-state index contributed by atoms with van der Waals surface area (Å²) in [5.41, 5.74) is 5.42. The molecular weight excluding hydrogens is 472 g/mol. The lowest BCUT2D eigenvalue weighted by molar-refractivity contribution is -0.120. The second kappa shape index (κ2) is 10.7. The number of rotatable bonds is 6. The molecule has 192 valence electrons. The fraction of sp³-hybridized carbons (Fsp3) is 0.464. The summed E-state index contributed by atoms with van der Waals surface area (Å²) in [6.07, 6.45) is 6.70. The third-order valence-corrected chi connectivity index (χ3v) is 7.27. The maximum atomic E-state index is 13.8. The van der Waals surface area contributed by atoms with Gasteiger partial charge in [-0.2, -0.15) is 5.10 Å². The Balaban J connectivity index is 0.00000304. The largest absolute Gasteiger partial charge is 0.311 e. The van der Waals surface area contributed by atoms with Crippen molar-refractivity contribution in [3.63, 3.8) is 0 Å². The molecule has 0 bridgehead atoms. The molecule has 2 aliphatic heterocycles. The minimum absolute atomic E-state index is 0. The molecule has 4 heterocycles. The highest BCUT2D eigenvalue weighted by atomic mass is 35.5. The molecule has 0 saturated carbocycles. The van der Waals surface area contributed by atoms with Gasteiger partial charge < -0.3 is 10.2 Å². The lowest BCUT2D eigenvalue weighted by atomic mass is 9.88. The van der Waals surface area contributed by atoms with Crippen LogP contribution >= 0.6 is 12.4 Å². The zero-order valence-electron chi connectivity index (χ0n) is 21.6.